The van der Waals surface area contributed by atoms with Crippen molar-refractivity contribution in [2.24, 2.45) is 0 Å². The highest BCUT2D eigenvalue weighted by Gasteiger charge is 2.31. The molecule has 9 nitrogen and oxygen atoms in total. The molecular weight excluding hydrogens is 470 g/mol. The van der Waals surface area contributed by atoms with Crippen molar-refractivity contribution in [1.29, 1.82) is 0 Å². The van der Waals surface area contributed by atoms with Gasteiger partial charge in [0.05, 0.1) is 31.8 Å². The van der Waals surface area contributed by atoms with Crippen molar-refractivity contribution in [3.8, 4) is 34.6 Å². The fourth-order valence-corrected chi connectivity index (χ4v) is 3.88. The van der Waals surface area contributed by atoms with E-state index in [0.29, 0.717) is 40.3 Å². The molecule has 3 aromatic heterocycles. The van der Waals surface area contributed by atoms with Crippen LogP contribution in [-0.4, -0.2) is 43.9 Å². The van der Waals surface area contributed by atoms with Gasteiger partial charge in [-0.1, -0.05) is 12.1 Å². The van der Waals surface area contributed by atoms with Gasteiger partial charge in [-0.05, 0) is 43.5 Å². The number of aryl methyl sites for hydroxylation is 1. The summed E-state index contributed by atoms with van der Waals surface area (Å²) in [5, 5.41) is 3.98. The van der Waals surface area contributed by atoms with E-state index in [2.05, 4.69) is 25.0 Å². The third-order valence-electron chi connectivity index (χ3n) is 5.85. The van der Waals surface area contributed by atoms with E-state index in [1.54, 1.807) is 32.4 Å². The van der Waals surface area contributed by atoms with Gasteiger partial charge in [-0.2, -0.15) is 10.1 Å². The number of nitrogens with zero attached hydrogens (tertiary/aromatic N) is 6. The molecule has 3 heterocycles. The lowest BCUT2D eigenvalue weighted by Crippen LogP contribution is -2.05. The van der Waals surface area contributed by atoms with Crippen molar-refractivity contribution >= 4 is 0 Å². The summed E-state index contributed by atoms with van der Waals surface area (Å²) in [6.07, 6.45) is 2.51. The van der Waals surface area contributed by atoms with Crippen LogP contribution in [-0.2, 0) is 6.61 Å². The Morgan fingerprint density at radius 1 is 1.03 bits per heavy atom. The molecule has 1 aliphatic carbocycles. The van der Waals surface area contributed by atoms with E-state index >= 15 is 0 Å². The lowest BCUT2D eigenvalue weighted by Gasteiger charge is -2.14. The third kappa shape index (κ3) is 4.68. The number of methoxy groups -OCH3 is 2. The van der Waals surface area contributed by atoms with Gasteiger partial charge >= 0.3 is 0 Å². The average Bonchev–Trinajstić information content (AvgIpc) is 3.68. The minimum atomic E-state index is -2.62. The molecular formula is C25H24F2N6O3. The Labute approximate surface area is 206 Å². The maximum absolute atomic E-state index is 13.0. The molecule has 0 unspecified atom stereocenters. The average molecular weight is 495 g/mol. The molecule has 0 bridgehead atoms. The Bertz CT molecular complexity index is 1370. The van der Waals surface area contributed by atoms with E-state index in [9.17, 15) is 8.78 Å². The van der Waals surface area contributed by atoms with E-state index in [0.717, 1.165) is 24.1 Å². The quantitative estimate of drug-likeness (QED) is 0.326. The zero-order valence-corrected chi connectivity index (χ0v) is 20.0. The van der Waals surface area contributed by atoms with Gasteiger partial charge in [0.1, 0.15) is 24.2 Å². The van der Waals surface area contributed by atoms with Crippen molar-refractivity contribution in [1.82, 2.24) is 29.7 Å². The lowest BCUT2D eigenvalue weighted by atomic mass is 10.1. The molecule has 1 aliphatic rings. The van der Waals surface area contributed by atoms with Crippen LogP contribution in [0.2, 0.25) is 0 Å². The van der Waals surface area contributed by atoms with Gasteiger partial charge in [-0.15, -0.1) is 0 Å². The summed E-state index contributed by atoms with van der Waals surface area (Å²) in [4.78, 5) is 17.7. The van der Waals surface area contributed by atoms with Crippen LogP contribution in [0.3, 0.4) is 0 Å². The van der Waals surface area contributed by atoms with E-state index in [1.807, 2.05) is 12.1 Å². The van der Waals surface area contributed by atoms with Crippen molar-refractivity contribution in [2.75, 3.05) is 14.2 Å². The zero-order valence-electron chi connectivity index (χ0n) is 20.0. The molecule has 0 N–H and O–H groups in total. The van der Waals surface area contributed by atoms with Crippen LogP contribution in [0.1, 0.15) is 47.8 Å². The summed E-state index contributed by atoms with van der Waals surface area (Å²) in [5.74, 6) is 1.78. The predicted octanol–water partition coefficient (Wildman–Crippen LogP) is 4.84. The summed E-state index contributed by atoms with van der Waals surface area (Å²) in [6, 6.07) is 8.65. The molecule has 36 heavy (non-hydrogen) atoms. The molecule has 1 fully saturated rings. The second-order valence-corrected chi connectivity index (χ2v) is 8.36. The lowest BCUT2D eigenvalue weighted by molar-refractivity contribution is 0.145. The summed E-state index contributed by atoms with van der Waals surface area (Å²) < 4.78 is 44.3. The summed E-state index contributed by atoms with van der Waals surface area (Å²) >= 11 is 0. The van der Waals surface area contributed by atoms with Crippen LogP contribution in [0, 0.1) is 6.92 Å². The van der Waals surface area contributed by atoms with Gasteiger partial charge in [0, 0.05) is 11.6 Å². The number of rotatable bonds is 9. The van der Waals surface area contributed by atoms with Crippen molar-refractivity contribution < 1.29 is 23.0 Å². The summed E-state index contributed by atoms with van der Waals surface area (Å²) in [7, 11) is 3.06. The maximum Gasteiger partial charge on any atom is 0.282 e. The molecule has 5 rings (SSSR count). The summed E-state index contributed by atoms with van der Waals surface area (Å²) in [6.45, 7) is 1.93. The van der Waals surface area contributed by atoms with E-state index in [1.165, 1.54) is 24.2 Å². The predicted molar refractivity (Wildman–Crippen MR) is 126 cm³/mol. The first-order valence-electron chi connectivity index (χ1n) is 11.4. The Kier molecular flexibility index (Phi) is 6.45. The molecule has 0 atom stereocenters. The number of aromatic nitrogens is 6. The van der Waals surface area contributed by atoms with E-state index in [-0.39, 0.29) is 18.2 Å². The molecule has 0 amide bonds. The second kappa shape index (κ2) is 9.84. The molecule has 0 saturated heterocycles. The molecule has 1 saturated carbocycles. The Morgan fingerprint density at radius 3 is 2.44 bits per heavy atom. The number of ether oxygens (including phenoxy) is 3. The van der Waals surface area contributed by atoms with Gasteiger partial charge in [-0.25, -0.2) is 28.4 Å². The molecule has 0 radical (unpaired) electrons. The number of halogens is 2. The summed E-state index contributed by atoms with van der Waals surface area (Å²) in [5.41, 5.74) is 3.40. The standard InChI is InChI=1S/C25H24F2N6O3/c1-14-10-18(22(26)27)32-33(14)17-8-4-15(5-9-17)12-36-24-19(34-2)11-28-23(31-24)20-21(16-6-7-16)29-13-30-25(20)35-3/h4-5,8-11,13,16,22H,6-7,12H2,1-3H3. The number of hydrogen-bond acceptors (Lipinski definition) is 8. The van der Waals surface area contributed by atoms with Crippen LogP contribution >= 0.6 is 0 Å². The van der Waals surface area contributed by atoms with Crippen LogP contribution in [0.25, 0.3) is 17.1 Å². The van der Waals surface area contributed by atoms with E-state index in [4.69, 9.17) is 14.2 Å². The first kappa shape index (κ1) is 23.6. The first-order valence-corrected chi connectivity index (χ1v) is 11.4. The normalized spacial score (nSPS) is 13.2. The topological polar surface area (TPSA) is 97.1 Å². The van der Waals surface area contributed by atoms with Crippen LogP contribution < -0.4 is 14.2 Å². The van der Waals surface area contributed by atoms with Crippen molar-refractivity contribution in [3.05, 3.63) is 65.5 Å². The smallest absolute Gasteiger partial charge is 0.282 e. The Morgan fingerprint density at radius 2 is 1.81 bits per heavy atom. The van der Waals surface area contributed by atoms with E-state index < -0.39 is 6.43 Å². The minimum Gasteiger partial charge on any atom is -0.490 e. The SMILES string of the molecule is COc1cnc(-c2c(OC)ncnc2C2CC2)nc1OCc1ccc(-n2nc(C(F)F)cc2C)cc1. The molecule has 1 aromatic carbocycles. The number of alkyl halides is 2. The molecule has 0 aliphatic heterocycles. The Hall–Kier alpha value is -4.15. The number of hydrogen-bond donors (Lipinski definition) is 0. The third-order valence-corrected chi connectivity index (χ3v) is 5.85. The molecule has 0 spiro atoms. The van der Waals surface area contributed by atoms with Crippen LogP contribution in [0.4, 0.5) is 8.78 Å². The second-order valence-electron chi connectivity index (χ2n) is 8.36. The van der Waals surface area contributed by atoms with Gasteiger partial charge in [0.2, 0.25) is 5.88 Å². The van der Waals surface area contributed by atoms with Gasteiger partial charge < -0.3 is 14.2 Å². The maximum atomic E-state index is 13.0. The number of benzene rings is 1. The van der Waals surface area contributed by atoms with Gasteiger partial charge in [0.15, 0.2) is 11.6 Å². The molecule has 11 heteroatoms. The van der Waals surface area contributed by atoms with Crippen LogP contribution in [0.5, 0.6) is 17.5 Å². The van der Waals surface area contributed by atoms with Crippen LogP contribution in [0.15, 0.2) is 42.9 Å². The van der Waals surface area contributed by atoms with Crippen molar-refractivity contribution in [2.45, 2.75) is 38.7 Å². The Balaban J connectivity index is 1.38. The highest BCUT2D eigenvalue weighted by molar-refractivity contribution is 5.66. The minimum absolute atomic E-state index is 0.200. The zero-order chi connectivity index (χ0) is 25.2. The highest BCUT2D eigenvalue weighted by atomic mass is 19.3. The van der Waals surface area contributed by atoms with Gasteiger partial charge in [-0.3, -0.25) is 0 Å². The largest absolute Gasteiger partial charge is 0.490 e. The fraction of sp³-hybridized carbons (Fsp3) is 0.320. The first-order chi connectivity index (χ1) is 17.5. The monoisotopic (exact) mass is 494 g/mol. The van der Waals surface area contributed by atoms with Gasteiger partial charge in [0.25, 0.3) is 12.3 Å². The fourth-order valence-electron chi connectivity index (χ4n) is 3.88. The molecule has 4 aromatic rings. The molecule has 186 valence electrons. The van der Waals surface area contributed by atoms with Crippen molar-refractivity contribution in [3.63, 3.8) is 0 Å². The highest BCUT2D eigenvalue weighted by Crippen LogP contribution is 2.45.